The van der Waals surface area contributed by atoms with E-state index < -0.39 is 4.92 Å². The Morgan fingerprint density at radius 3 is 3.19 bits per heavy atom. The molecule has 0 aliphatic carbocycles. The molecule has 2 heterocycles. The van der Waals surface area contributed by atoms with Gasteiger partial charge in [0, 0.05) is 38.4 Å². The Labute approximate surface area is 92.5 Å². The van der Waals surface area contributed by atoms with Gasteiger partial charge in [-0.3, -0.25) is 14.8 Å². The van der Waals surface area contributed by atoms with Crippen LogP contribution >= 0.6 is 0 Å². The van der Waals surface area contributed by atoms with Crippen molar-refractivity contribution < 1.29 is 4.92 Å². The van der Waals surface area contributed by atoms with Crippen molar-refractivity contribution in [2.45, 2.75) is 6.54 Å². The summed E-state index contributed by atoms with van der Waals surface area (Å²) in [6.45, 7) is 2.15. The summed E-state index contributed by atoms with van der Waals surface area (Å²) in [6, 6.07) is 0. The fourth-order valence-electron chi connectivity index (χ4n) is 1.72. The Kier molecular flexibility index (Phi) is 2.76. The summed E-state index contributed by atoms with van der Waals surface area (Å²) in [5.74, 6) is 0.564. The van der Waals surface area contributed by atoms with Crippen LogP contribution in [0.1, 0.15) is 5.56 Å². The average Bonchev–Trinajstić information content (AvgIpc) is 2.77. The largest absolute Gasteiger partial charge is 0.365 e. The number of nitrogens with one attached hydrogen (secondary N) is 1. The lowest BCUT2D eigenvalue weighted by Gasteiger charge is -2.15. The van der Waals surface area contributed by atoms with Gasteiger partial charge in [0.2, 0.25) is 0 Å². The van der Waals surface area contributed by atoms with Gasteiger partial charge < -0.3 is 10.2 Å². The van der Waals surface area contributed by atoms with E-state index in [1.54, 1.807) is 10.9 Å². The van der Waals surface area contributed by atoms with E-state index in [0.717, 1.165) is 24.9 Å². The molecule has 1 aromatic rings. The number of hydrogen-bond donors (Lipinski definition) is 1. The van der Waals surface area contributed by atoms with Crippen LogP contribution in [0.2, 0.25) is 0 Å². The van der Waals surface area contributed by atoms with Crippen molar-refractivity contribution in [3.8, 4) is 0 Å². The molecule has 1 aliphatic rings. The molecular weight excluding hydrogens is 210 g/mol. The Balaban J connectivity index is 2.06. The third-order valence-electron chi connectivity index (χ3n) is 2.39. The summed E-state index contributed by atoms with van der Waals surface area (Å²) in [5, 5.41) is 17.4. The highest BCUT2D eigenvalue weighted by molar-refractivity contribution is 5.08. The van der Waals surface area contributed by atoms with Gasteiger partial charge in [0.25, 0.3) is 6.20 Å². The fraction of sp³-hybridized carbons (Fsp3) is 0.444. The maximum absolute atomic E-state index is 10.4. The van der Waals surface area contributed by atoms with Gasteiger partial charge in [-0.05, 0) is 0 Å². The van der Waals surface area contributed by atoms with E-state index in [9.17, 15) is 10.1 Å². The van der Waals surface area contributed by atoms with E-state index >= 15 is 0 Å². The maximum atomic E-state index is 10.4. The van der Waals surface area contributed by atoms with Gasteiger partial charge in [0.1, 0.15) is 0 Å². The highest BCUT2D eigenvalue weighted by Gasteiger charge is 2.19. The molecule has 86 valence electrons. The van der Waals surface area contributed by atoms with E-state index in [-0.39, 0.29) is 0 Å². The minimum absolute atomic E-state index is 0.441. The molecule has 2 rings (SSSR count). The molecule has 0 bridgehead atoms. The van der Waals surface area contributed by atoms with Gasteiger partial charge in [0.15, 0.2) is 5.82 Å². The summed E-state index contributed by atoms with van der Waals surface area (Å²) in [5.41, 5.74) is 1.04. The summed E-state index contributed by atoms with van der Waals surface area (Å²) < 4.78 is 1.72. The van der Waals surface area contributed by atoms with E-state index in [1.807, 2.05) is 18.1 Å². The van der Waals surface area contributed by atoms with E-state index in [4.69, 9.17) is 0 Å². The number of nitro groups is 1. The van der Waals surface area contributed by atoms with Crippen molar-refractivity contribution in [3.63, 3.8) is 0 Å². The van der Waals surface area contributed by atoms with Crippen LogP contribution in [0.15, 0.2) is 24.4 Å². The monoisotopic (exact) mass is 223 g/mol. The number of aromatic nitrogens is 2. The van der Waals surface area contributed by atoms with Gasteiger partial charge in [-0.1, -0.05) is 0 Å². The quantitative estimate of drug-likeness (QED) is 0.572. The Morgan fingerprint density at radius 1 is 1.75 bits per heavy atom. The fourth-order valence-corrected chi connectivity index (χ4v) is 1.72. The highest BCUT2D eigenvalue weighted by atomic mass is 16.6. The van der Waals surface area contributed by atoms with E-state index in [2.05, 4.69) is 10.4 Å². The lowest BCUT2D eigenvalue weighted by molar-refractivity contribution is -0.404. The van der Waals surface area contributed by atoms with E-state index in [1.165, 1.54) is 0 Å². The first-order valence-electron chi connectivity index (χ1n) is 4.97. The molecule has 0 unspecified atom stereocenters. The van der Waals surface area contributed by atoms with Gasteiger partial charge in [-0.2, -0.15) is 5.10 Å². The predicted octanol–water partition coefficient (Wildman–Crippen LogP) is -0.0991. The molecule has 1 N–H and O–H groups in total. The second-order valence-corrected chi connectivity index (χ2v) is 3.67. The normalized spacial score (nSPS) is 17.8. The van der Waals surface area contributed by atoms with Crippen LogP contribution < -0.4 is 5.32 Å². The van der Waals surface area contributed by atoms with Crippen LogP contribution in [0.3, 0.4) is 0 Å². The molecule has 1 aliphatic heterocycles. The molecule has 0 spiro atoms. The van der Waals surface area contributed by atoms with Gasteiger partial charge in [-0.25, -0.2) is 0 Å². The molecule has 1 fully saturated rings. The third-order valence-corrected chi connectivity index (χ3v) is 2.39. The first-order valence-corrected chi connectivity index (χ1v) is 4.97. The standard InChI is InChI=1S/C9H13N5O2/c1-12-5-8(4-11-12)6-13-3-2-10-9(13)7-14(15)16/h4-5,7,10H,2-3,6H2,1H3/b9-7+. The number of aryl methyl sites for hydroxylation is 1. The lowest BCUT2D eigenvalue weighted by atomic mass is 10.3. The van der Waals surface area contributed by atoms with Crippen molar-refractivity contribution in [1.82, 2.24) is 20.0 Å². The molecule has 0 radical (unpaired) electrons. The molecule has 1 saturated heterocycles. The van der Waals surface area contributed by atoms with Crippen LogP contribution in [0.4, 0.5) is 0 Å². The minimum Gasteiger partial charge on any atom is -0.365 e. The molecule has 0 atom stereocenters. The summed E-state index contributed by atoms with van der Waals surface area (Å²) >= 11 is 0. The van der Waals surface area contributed by atoms with Crippen LogP contribution in [-0.2, 0) is 13.6 Å². The predicted molar refractivity (Wildman–Crippen MR) is 56.7 cm³/mol. The van der Waals surface area contributed by atoms with Gasteiger partial charge in [0.05, 0.1) is 11.1 Å². The van der Waals surface area contributed by atoms with Crippen molar-refractivity contribution in [3.05, 3.63) is 40.1 Å². The second kappa shape index (κ2) is 4.21. The zero-order valence-corrected chi connectivity index (χ0v) is 8.96. The van der Waals surface area contributed by atoms with Gasteiger partial charge >= 0.3 is 0 Å². The zero-order chi connectivity index (χ0) is 11.5. The molecule has 7 nitrogen and oxygen atoms in total. The molecule has 7 heteroatoms. The summed E-state index contributed by atoms with van der Waals surface area (Å²) in [6.07, 6.45) is 4.67. The number of hydrogen-bond acceptors (Lipinski definition) is 5. The molecule has 1 aromatic heterocycles. The second-order valence-electron chi connectivity index (χ2n) is 3.67. The van der Waals surface area contributed by atoms with Crippen LogP contribution in [-0.4, -0.2) is 32.7 Å². The topological polar surface area (TPSA) is 76.2 Å². The SMILES string of the molecule is Cn1cc(CN2CCN/C2=C\[N+](=O)[O-])cn1. The third kappa shape index (κ3) is 2.30. The highest BCUT2D eigenvalue weighted by Crippen LogP contribution is 2.12. The van der Waals surface area contributed by atoms with Crippen LogP contribution in [0.25, 0.3) is 0 Å². The Hall–Kier alpha value is -2.05. The average molecular weight is 223 g/mol. The van der Waals surface area contributed by atoms with Crippen LogP contribution in [0.5, 0.6) is 0 Å². The number of rotatable bonds is 3. The van der Waals surface area contributed by atoms with Gasteiger partial charge in [-0.15, -0.1) is 0 Å². The van der Waals surface area contributed by atoms with E-state index in [0.29, 0.717) is 12.4 Å². The van der Waals surface area contributed by atoms with Crippen molar-refractivity contribution in [2.75, 3.05) is 13.1 Å². The Morgan fingerprint density at radius 2 is 2.56 bits per heavy atom. The van der Waals surface area contributed by atoms with Crippen molar-refractivity contribution in [1.29, 1.82) is 0 Å². The molecular formula is C9H13N5O2. The summed E-state index contributed by atoms with van der Waals surface area (Å²) in [7, 11) is 1.85. The molecule has 16 heavy (non-hydrogen) atoms. The van der Waals surface area contributed by atoms with Crippen molar-refractivity contribution in [2.24, 2.45) is 7.05 Å². The summed E-state index contributed by atoms with van der Waals surface area (Å²) in [4.78, 5) is 11.9. The van der Waals surface area contributed by atoms with Crippen molar-refractivity contribution >= 4 is 0 Å². The minimum atomic E-state index is -0.441. The smallest absolute Gasteiger partial charge is 0.274 e. The first-order chi connectivity index (χ1) is 7.65. The number of nitrogens with zero attached hydrogens (tertiary/aromatic N) is 4. The first kappa shape index (κ1) is 10.5. The zero-order valence-electron chi connectivity index (χ0n) is 8.96. The molecule has 0 saturated carbocycles. The Bertz CT molecular complexity index is 425. The maximum Gasteiger partial charge on any atom is 0.274 e. The molecule has 0 aromatic carbocycles. The molecule has 0 amide bonds. The van der Waals surface area contributed by atoms with Crippen LogP contribution in [0, 0.1) is 10.1 Å². The lowest BCUT2D eigenvalue weighted by Crippen LogP contribution is -2.20.